The lowest BCUT2D eigenvalue weighted by atomic mass is 9.97. The van der Waals surface area contributed by atoms with Crippen molar-refractivity contribution in [3.8, 4) is 17.0 Å². The Kier molecular flexibility index (Phi) is 6.58. The third-order valence-electron chi connectivity index (χ3n) is 6.58. The second-order valence-corrected chi connectivity index (χ2v) is 11.5. The molecule has 34 heavy (non-hydrogen) atoms. The van der Waals surface area contributed by atoms with Crippen LogP contribution in [0.2, 0.25) is 0 Å². The molecule has 0 spiro atoms. The van der Waals surface area contributed by atoms with Crippen molar-refractivity contribution in [1.82, 2.24) is 14.0 Å². The summed E-state index contributed by atoms with van der Waals surface area (Å²) in [6.07, 6.45) is 1.50. The average molecular weight is 488 g/mol. The van der Waals surface area contributed by atoms with Gasteiger partial charge in [0, 0.05) is 36.8 Å². The fraction of sp³-hybridized carbons (Fsp3) is 0.500. The topological polar surface area (TPSA) is 118 Å². The highest BCUT2D eigenvalue weighted by atomic mass is 32.2. The number of hydrogen-bond donors (Lipinski definition) is 2. The van der Waals surface area contributed by atoms with Gasteiger partial charge >= 0.3 is 10.2 Å². The van der Waals surface area contributed by atoms with Gasteiger partial charge in [-0.2, -0.15) is 12.7 Å². The van der Waals surface area contributed by atoms with Gasteiger partial charge in [-0.15, -0.1) is 0 Å². The molecule has 2 fully saturated rings. The van der Waals surface area contributed by atoms with Gasteiger partial charge in [0.15, 0.2) is 0 Å². The number of nitrogens with two attached hydrogens (primary N) is 1. The smallest absolute Gasteiger partial charge is 0.304 e. The number of rotatable bonds is 6. The Morgan fingerprint density at radius 3 is 2.44 bits per heavy atom. The summed E-state index contributed by atoms with van der Waals surface area (Å²) >= 11 is 0. The molecule has 1 aromatic carbocycles. The van der Waals surface area contributed by atoms with E-state index in [1.54, 1.807) is 19.2 Å². The molecule has 0 aliphatic carbocycles. The normalized spacial score (nSPS) is 22.7. The Morgan fingerprint density at radius 2 is 1.88 bits per heavy atom. The molecule has 2 saturated heterocycles. The molecule has 1 amide bonds. The SMILES string of the molecule is COc1ccc(-c2ccc(C(=O)NS(=O)(=O)N3CC[C@H](N)C3)c(N3C[C@@H](C)CC3(C)C)n2)cc1. The summed E-state index contributed by atoms with van der Waals surface area (Å²) in [6, 6.07) is 10.7. The van der Waals surface area contributed by atoms with E-state index in [1.807, 2.05) is 24.3 Å². The van der Waals surface area contributed by atoms with Gasteiger partial charge in [-0.3, -0.25) is 4.79 Å². The number of pyridine rings is 1. The lowest BCUT2D eigenvalue weighted by Gasteiger charge is -2.34. The van der Waals surface area contributed by atoms with Crippen LogP contribution in [0.25, 0.3) is 11.3 Å². The van der Waals surface area contributed by atoms with Crippen LogP contribution in [-0.2, 0) is 10.2 Å². The van der Waals surface area contributed by atoms with Crippen LogP contribution in [0.15, 0.2) is 36.4 Å². The molecule has 0 bridgehead atoms. The number of amides is 1. The minimum atomic E-state index is -4.00. The zero-order valence-corrected chi connectivity index (χ0v) is 20.9. The van der Waals surface area contributed by atoms with Gasteiger partial charge in [0.1, 0.15) is 11.6 Å². The minimum absolute atomic E-state index is 0.195. The van der Waals surface area contributed by atoms with Crippen LogP contribution in [0.4, 0.5) is 5.82 Å². The van der Waals surface area contributed by atoms with Crippen molar-refractivity contribution in [3.05, 3.63) is 42.0 Å². The van der Waals surface area contributed by atoms with Gasteiger partial charge in [0.2, 0.25) is 0 Å². The highest BCUT2D eigenvalue weighted by Crippen LogP contribution is 2.38. The Labute approximate surface area is 201 Å². The van der Waals surface area contributed by atoms with Crippen molar-refractivity contribution in [2.45, 2.75) is 45.2 Å². The predicted octanol–water partition coefficient (Wildman–Crippen LogP) is 2.39. The average Bonchev–Trinajstić information content (AvgIpc) is 3.35. The van der Waals surface area contributed by atoms with Gasteiger partial charge in [0.05, 0.1) is 18.4 Å². The summed E-state index contributed by atoms with van der Waals surface area (Å²) in [5.74, 6) is 0.932. The monoisotopic (exact) mass is 487 g/mol. The molecular formula is C24H33N5O4S. The Bertz CT molecular complexity index is 1170. The number of ether oxygens (including phenoxy) is 1. The molecule has 0 saturated carbocycles. The predicted molar refractivity (Wildman–Crippen MR) is 132 cm³/mol. The highest BCUT2D eigenvalue weighted by Gasteiger charge is 2.39. The van der Waals surface area contributed by atoms with E-state index in [4.69, 9.17) is 15.5 Å². The largest absolute Gasteiger partial charge is 0.497 e. The standard InChI is InChI=1S/C24H33N5O4S/c1-16-13-24(2,3)29(14-16)22-20(23(30)27-34(31,32)28-12-11-18(25)15-28)9-10-21(26-22)17-5-7-19(33-4)8-6-17/h5-10,16,18H,11-15,25H2,1-4H3,(H,27,30)/t16-,18-/m0/s1. The number of carbonyl (C=O) groups excluding carboxylic acids is 1. The number of methoxy groups -OCH3 is 1. The zero-order valence-electron chi connectivity index (χ0n) is 20.1. The van der Waals surface area contributed by atoms with E-state index >= 15 is 0 Å². The van der Waals surface area contributed by atoms with Crippen molar-refractivity contribution >= 4 is 21.9 Å². The molecule has 3 heterocycles. The third-order valence-corrected chi connectivity index (χ3v) is 8.04. The first kappa shape index (κ1) is 24.4. The molecule has 184 valence electrons. The van der Waals surface area contributed by atoms with Gasteiger partial charge in [0.25, 0.3) is 5.91 Å². The Balaban J connectivity index is 1.71. The summed E-state index contributed by atoms with van der Waals surface area (Å²) in [7, 11) is -2.39. The van der Waals surface area contributed by atoms with Gasteiger partial charge in [-0.1, -0.05) is 6.92 Å². The van der Waals surface area contributed by atoms with Crippen molar-refractivity contribution in [2.24, 2.45) is 11.7 Å². The summed E-state index contributed by atoms with van der Waals surface area (Å²) in [4.78, 5) is 20.2. The summed E-state index contributed by atoms with van der Waals surface area (Å²) < 4.78 is 34.3. The third kappa shape index (κ3) is 4.89. The van der Waals surface area contributed by atoms with Crippen LogP contribution in [0, 0.1) is 5.92 Å². The summed E-state index contributed by atoms with van der Waals surface area (Å²) in [5.41, 5.74) is 7.42. The number of benzene rings is 1. The maximum atomic E-state index is 13.3. The van der Waals surface area contributed by atoms with Crippen LogP contribution >= 0.6 is 0 Å². The second-order valence-electron chi connectivity index (χ2n) is 9.87. The van der Waals surface area contributed by atoms with Crippen molar-refractivity contribution in [3.63, 3.8) is 0 Å². The Morgan fingerprint density at radius 1 is 1.18 bits per heavy atom. The lowest BCUT2D eigenvalue weighted by Crippen LogP contribution is -2.44. The van der Waals surface area contributed by atoms with E-state index in [0.717, 1.165) is 24.3 Å². The van der Waals surface area contributed by atoms with E-state index in [2.05, 4.69) is 30.4 Å². The van der Waals surface area contributed by atoms with Crippen LogP contribution in [0.5, 0.6) is 5.75 Å². The maximum Gasteiger partial charge on any atom is 0.304 e. The van der Waals surface area contributed by atoms with E-state index in [-0.39, 0.29) is 23.7 Å². The van der Waals surface area contributed by atoms with E-state index in [9.17, 15) is 13.2 Å². The van der Waals surface area contributed by atoms with Crippen molar-refractivity contribution in [1.29, 1.82) is 0 Å². The van der Waals surface area contributed by atoms with E-state index in [1.165, 1.54) is 4.31 Å². The van der Waals surface area contributed by atoms with Crippen LogP contribution in [0.3, 0.4) is 0 Å². The second kappa shape index (κ2) is 9.16. The molecule has 2 aliphatic rings. The molecule has 3 N–H and O–H groups in total. The number of nitrogens with one attached hydrogen (secondary N) is 1. The molecule has 2 atom stereocenters. The van der Waals surface area contributed by atoms with Crippen molar-refractivity contribution < 1.29 is 17.9 Å². The first-order valence-electron chi connectivity index (χ1n) is 11.5. The molecule has 1 aromatic heterocycles. The highest BCUT2D eigenvalue weighted by molar-refractivity contribution is 7.87. The molecule has 9 nitrogen and oxygen atoms in total. The van der Waals surface area contributed by atoms with E-state index in [0.29, 0.717) is 30.4 Å². The summed E-state index contributed by atoms with van der Waals surface area (Å²) in [6.45, 7) is 7.60. The lowest BCUT2D eigenvalue weighted by molar-refractivity contribution is 0.0979. The van der Waals surface area contributed by atoms with E-state index < -0.39 is 16.1 Å². The van der Waals surface area contributed by atoms with Crippen molar-refractivity contribution in [2.75, 3.05) is 31.6 Å². The number of anilines is 1. The first-order valence-corrected chi connectivity index (χ1v) is 12.9. The zero-order chi connectivity index (χ0) is 24.7. The molecule has 0 radical (unpaired) electrons. The molecule has 10 heteroatoms. The van der Waals surface area contributed by atoms with Gasteiger partial charge in [-0.05, 0) is 69.0 Å². The number of nitrogens with zero attached hydrogens (tertiary/aromatic N) is 3. The van der Waals surface area contributed by atoms with Gasteiger partial charge in [-0.25, -0.2) is 9.71 Å². The maximum absolute atomic E-state index is 13.3. The number of aromatic nitrogens is 1. The van der Waals surface area contributed by atoms with Crippen LogP contribution in [-0.4, -0.2) is 61.9 Å². The Hall–Kier alpha value is -2.69. The molecule has 2 aromatic rings. The molecular weight excluding hydrogens is 454 g/mol. The number of carbonyl (C=O) groups is 1. The molecule has 4 rings (SSSR count). The minimum Gasteiger partial charge on any atom is -0.497 e. The fourth-order valence-corrected chi connectivity index (χ4v) is 6.13. The van der Waals surface area contributed by atoms with Crippen LogP contribution in [0.1, 0.15) is 44.0 Å². The van der Waals surface area contributed by atoms with Crippen LogP contribution < -0.4 is 20.1 Å². The molecule has 2 aliphatic heterocycles. The van der Waals surface area contributed by atoms with Gasteiger partial charge < -0.3 is 15.4 Å². The molecule has 0 unspecified atom stereocenters. The summed E-state index contributed by atoms with van der Waals surface area (Å²) in [5, 5.41) is 0. The first-order chi connectivity index (χ1) is 16.0. The fourth-order valence-electron chi connectivity index (χ4n) is 4.92. The quantitative estimate of drug-likeness (QED) is 0.642. The number of hydrogen-bond acceptors (Lipinski definition) is 7.